The third kappa shape index (κ3) is 3.72. The minimum absolute atomic E-state index is 0.00151. The van der Waals surface area contributed by atoms with Crippen LogP contribution in [0.3, 0.4) is 0 Å². The lowest BCUT2D eigenvalue weighted by Crippen LogP contribution is -2.55. The Kier molecular flexibility index (Phi) is 6.46. The first-order valence-electron chi connectivity index (χ1n) is 7.81. The van der Waals surface area contributed by atoms with Crippen LogP contribution in [0.25, 0.3) is 0 Å². The molecule has 1 aliphatic rings. The summed E-state index contributed by atoms with van der Waals surface area (Å²) in [6, 6.07) is -0.451. The Bertz CT molecular complexity index is 334. The van der Waals surface area contributed by atoms with Crippen LogP contribution in [0.4, 0.5) is 0 Å². The van der Waals surface area contributed by atoms with E-state index in [1.807, 2.05) is 20.8 Å². The Morgan fingerprint density at radius 1 is 1.30 bits per heavy atom. The van der Waals surface area contributed by atoms with Crippen molar-refractivity contribution in [3.8, 4) is 0 Å². The van der Waals surface area contributed by atoms with E-state index in [2.05, 4.69) is 10.6 Å². The third-order valence-corrected chi connectivity index (χ3v) is 4.42. The first kappa shape index (κ1) is 17.0. The Morgan fingerprint density at radius 2 is 1.95 bits per heavy atom. The highest BCUT2D eigenvalue weighted by atomic mass is 16.2. The van der Waals surface area contributed by atoms with Gasteiger partial charge in [0.25, 0.3) is 0 Å². The van der Waals surface area contributed by atoms with Crippen LogP contribution < -0.4 is 10.6 Å². The van der Waals surface area contributed by atoms with Crippen LogP contribution in [0.1, 0.15) is 47.0 Å². The Labute approximate surface area is 122 Å². The minimum Gasteiger partial charge on any atom is -0.344 e. The second kappa shape index (κ2) is 7.62. The summed E-state index contributed by atoms with van der Waals surface area (Å²) in [5.41, 5.74) is -0.351. The molecule has 0 bridgehead atoms. The summed E-state index contributed by atoms with van der Waals surface area (Å²) in [7, 11) is 0. The quantitative estimate of drug-likeness (QED) is 0.768. The average molecular weight is 283 g/mol. The summed E-state index contributed by atoms with van der Waals surface area (Å²) in [6.07, 6.45) is 2.71. The van der Waals surface area contributed by atoms with Crippen LogP contribution in [0.5, 0.6) is 0 Å². The molecule has 0 saturated carbocycles. The van der Waals surface area contributed by atoms with Crippen molar-refractivity contribution >= 4 is 11.8 Å². The fourth-order valence-electron chi connectivity index (χ4n) is 2.84. The molecule has 0 aromatic rings. The molecule has 1 rings (SSSR count). The minimum atomic E-state index is -0.451. The van der Waals surface area contributed by atoms with E-state index in [1.54, 1.807) is 11.8 Å². The first-order chi connectivity index (χ1) is 9.50. The zero-order chi connectivity index (χ0) is 15.2. The smallest absolute Gasteiger partial charge is 0.244 e. The van der Waals surface area contributed by atoms with E-state index in [9.17, 15) is 9.59 Å². The number of piperidine rings is 1. The van der Waals surface area contributed by atoms with Gasteiger partial charge < -0.3 is 15.5 Å². The highest BCUT2D eigenvalue weighted by Crippen LogP contribution is 2.30. The standard InChI is InChI=1S/C15H29N3O2/c1-5-15(9-8-10-16-11-15)14(20)17-12(4)13(19)18(6-2)7-3/h12,16H,5-11H2,1-4H3,(H,17,20). The first-order valence-corrected chi connectivity index (χ1v) is 7.81. The monoisotopic (exact) mass is 283 g/mol. The van der Waals surface area contributed by atoms with Crippen LogP contribution in [-0.4, -0.2) is 48.9 Å². The molecule has 5 nitrogen and oxygen atoms in total. The van der Waals surface area contributed by atoms with Gasteiger partial charge in [-0.05, 0) is 46.6 Å². The average Bonchev–Trinajstić information content (AvgIpc) is 2.48. The molecule has 1 heterocycles. The molecule has 5 heteroatoms. The summed E-state index contributed by atoms with van der Waals surface area (Å²) < 4.78 is 0. The molecule has 0 radical (unpaired) electrons. The fraction of sp³-hybridized carbons (Fsp3) is 0.867. The van der Waals surface area contributed by atoms with Crippen LogP contribution in [-0.2, 0) is 9.59 Å². The van der Waals surface area contributed by atoms with Gasteiger partial charge in [0.15, 0.2) is 0 Å². The van der Waals surface area contributed by atoms with Gasteiger partial charge in [-0.25, -0.2) is 0 Å². The molecule has 0 aromatic carbocycles. The lowest BCUT2D eigenvalue weighted by atomic mass is 9.77. The van der Waals surface area contributed by atoms with Crippen molar-refractivity contribution in [2.45, 2.75) is 53.0 Å². The SMILES string of the molecule is CCN(CC)C(=O)C(C)NC(=O)C1(CC)CCCNC1. The Morgan fingerprint density at radius 3 is 2.40 bits per heavy atom. The summed E-state index contributed by atoms with van der Waals surface area (Å²) in [5.74, 6) is 0.0126. The number of hydrogen-bond donors (Lipinski definition) is 2. The maximum Gasteiger partial charge on any atom is 0.244 e. The zero-order valence-corrected chi connectivity index (χ0v) is 13.3. The van der Waals surface area contributed by atoms with Gasteiger partial charge in [-0.2, -0.15) is 0 Å². The topological polar surface area (TPSA) is 61.4 Å². The van der Waals surface area contributed by atoms with Gasteiger partial charge in [-0.15, -0.1) is 0 Å². The molecule has 0 spiro atoms. The van der Waals surface area contributed by atoms with Crippen molar-refractivity contribution in [1.29, 1.82) is 0 Å². The van der Waals surface area contributed by atoms with E-state index in [-0.39, 0.29) is 17.2 Å². The van der Waals surface area contributed by atoms with Gasteiger partial charge in [0.1, 0.15) is 6.04 Å². The van der Waals surface area contributed by atoms with E-state index >= 15 is 0 Å². The van der Waals surface area contributed by atoms with E-state index in [0.717, 1.165) is 25.8 Å². The normalized spacial score (nSPS) is 24.0. The predicted molar refractivity (Wildman–Crippen MR) is 80.4 cm³/mol. The van der Waals surface area contributed by atoms with E-state index in [4.69, 9.17) is 0 Å². The maximum atomic E-state index is 12.5. The van der Waals surface area contributed by atoms with Crippen molar-refractivity contribution in [3.05, 3.63) is 0 Å². The molecule has 1 fully saturated rings. The van der Waals surface area contributed by atoms with Crippen molar-refractivity contribution in [2.75, 3.05) is 26.2 Å². The van der Waals surface area contributed by atoms with Gasteiger partial charge in [0, 0.05) is 19.6 Å². The van der Waals surface area contributed by atoms with E-state index < -0.39 is 6.04 Å². The van der Waals surface area contributed by atoms with Crippen molar-refractivity contribution in [1.82, 2.24) is 15.5 Å². The second-order valence-corrected chi connectivity index (χ2v) is 5.62. The number of likely N-dealkylation sites (N-methyl/N-ethyl adjacent to an activating group) is 1. The Balaban J connectivity index is 2.66. The summed E-state index contributed by atoms with van der Waals surface area (Å²) in [4.78, 5) is 26.5. The molecule has 20 heavy (non-hydrogen) atoms. The van der Waals surface area contributed by atoms with Gasteiger partial charge >= 0.3 is 0 Å². The van der Waals surface area contributed by atoms with Crippen molar-refractivity contribution < 1.29 is 9.59 Å². The molecule has 2 unspecified atom stereocenters. The summed E-state index contributed by atoms with van der Waals surface area (Å²) >= 11 is 0. The number of carbonyl (C=O) groups excluding carboxylic acids is 2. The van der Waals surface area contributed by atoms with Gasteiger partial charge in [-0.3, -0.25) is 9.59 Å². The van der Waals surface area contributed by atoms with Crippen molar-refractivity contribution in [2.24, 2.45) is 5.41 Å². The molecule has 2 atom stereocenters. The maximum absolute atomic E-state index is 12.5. The van der Waals surface area contributed by atoms with Crippen LogP contribution >= 0.6 is 0 Å². The highest BCUT2D eigenvalue weighted by Gasteiger charge is 2.39. The van der Waals surface area contributed by atoms with Crippen LogP contribution in [0.15, 0.2) is 0 Å². The molecule has 116 valence electrons. The molecule has 2 amide bonds. The van der Waals surface area contributed by atoms with E-state index in [1.165, 1.54) is 0 Å². The van der Waals surface area contributed by atoms with Crippen LogP contribution in [0, 0.1) is 5.41 Å². The number of nitrogens with zero attached hydrogens (tertiary/aromatic N) is 1. The van der Waals surface area contributed by atoms with Gasteiger partial charge in [0.05, 0.1) is 5.41 Å². The van der Waals surface area contributed by atoms with Crippen molar-refractivity contribution in [3.63, 3.8) is 0 Å². The van der Waals surface area contributed by atoms with E-state index in [0.29, 0.717) is 19.6 Å². The number of nitrogens with one attached hydrogen (secondary N) is 2. The molecule has 0 aliphatic carbocycles. The lowest BCUT2D eigenvalue weighted by Gasteiger charge is -2.36. The number of hydrogen-bond acceptors (Lipinski definition) is 3. The molecule has 1 aliphatic heterocycles. The summed E-state index contributed by atoms with van der Waals surface area (Å²) in [6.45, 7) is 10.8. The van der Waals surface area contributed by atoms with Gasteiger partial charge in [0.2, 0.25) is 11.8 Å². The third-order valence-electron chi connectivity index (χ3n) is 4.42. The largest absolute Gasteiger partial charge is 0.344 e. The fourth-order valence-corrected chi connectivity index (χ4v) is 2.84. The zero-order valence-electron chi connectivity index (χ0n) is 13.3. The summed E-state index contributed by atoms with van der Waals surface area (Å²) in [5, 5.41) is 6.22. The van der Waals surface area contributed by atoms with Crippen LogP contribution in [0.2, 0.25) is 0 Å². The molecule has 0 aromatic heterocycles. The molecule has 1 saturated heterocycles. The predicted octanol–water partition coefficient (Wildman–Crippen LogP) is 1.14. The molecular formula is C15H29N3O2. The molecule has 2 N–H and O–H groups in total. The number of carbonyl (C=O) groups is 2. The molecular weight excluding hydrogens is 254 g/mol. The number of rotatable bonds is 6. The Hall–Kier alpha value is -1.10. The highest BCUT2D eigenvalue weighted by molar-refractivity contribution is 5.90. The van der Waals surface area contributed by atoms with Gasteiger partial charge in [-0.1, -0.05) is 6.92 Å². The lowest BCUT2D eigenvalue weighted by molar-refractivity contribution is -0.139. The number of amides is 2. The second-order valence-electron chi connectivity index (χ2n) is 5.62.